The van der Waals surface area contributed by atoms with Crippen LogP contribution in [0.5, 0.6) is 0 Å². The summed E-state index contributed by atoms with van der Waals surface area (Å²) in [5.41, 5.74) is -1.43. The van der Waals surface area contributed by atoms with E-state index in [1.807, 2.05) is 6.07 Å². The van der Waals surface area contributed by atoms with Crippen molar-refractivity contribution in [1.29, 1.82) is 5.26 Å². The van der Waals surface area contributed by atoms with Crippen LogP contribution >= 0.6 is 12.2 Å². The highest BCUT2D eigenvalue weighted by Gasteiger charge is 2.38. The van der Waals surface area contributed by atoms with Crippen molar-refractivity contribution in [3.63, 3.8) is 0 Å². The first-order valence-electron chi connectivity index (χ1n) is 12.7. The van der Waals surface area contributed by atoms with E-state index in [9.17, 15) is 23.3 Å². The quantitative estimate of drug-likeness (QED) is 0.270. The summed E-state index contributed by atoms with van der Waals surface area (Å²) < 4.78 is 45.7. The molecule has 2 fully saturated rings. The molecule has 1 aliphatic carbocycles. The van der Waals surface area contributed by atoms with Crippen LogP contribution < -0.4 is 10.2 Å². The number of hydrogen-bond donors (Lipinski definition) is 1. The summed E-state index contributed by atoms with van der Waals surface area (Å²) in [5.74, 6) is 1.18. The van der Waals surface area contributed by atoms with Crippen LogP contribution in [0.1, 0.15) is 36.8 Å². The number of nitrogens with zero attached hydrogens (tertiary/aromatic N) is 5. The van der Waals surface area contributed by atoms with Gasteiger partial charge in [-0.25, -0.2) is 4.98 Å². The van der Waals surface area contributed by atoms with Crippen molar-refractivity contribution in [2.24, 2.45) is 5.92 Å². The predicted octanol–water partition coefficient (Wildman–Crippen LogP) is 5.02. The van der Waals surface area contributed by atoms with Crippen LogP contribution in [0.4, 0.5) is 30.4 Å². The number of nitro groups is 1. The highest BCUT2D eigenvalue weighted by atomic mass is 32.1. The van der Waals surface area contributed by atoms with Crippen molar-refractivity contribution in [2.45, 2.75) is 37.9 Å². The monoisotopic (exact) mass is 562 g/mol. The van der Waals surface area contributed by atoms with E-state index in [4.69, 9.17) is 22.2 Å². The first-order chi connectivity index (χ1) is 18.6. The van der Waals surface area contributed by atoms with Crippen LogP contribution in [0.3, 0.4) is 0 Å². The molecule has 1 aromatic carbocycles. The van der Waals surface area contributed by atoms with Crippen LogP contribution in [0.25, 0.3) is 0 Å². The number of nitro benzene ring substituents is 1. The highest BCUT2D eigenvalue weighted by Crippen LogP contribution is 2.38. The molecule has 1 aromatic heterocycles. The molecule has 0 unspecified atom stereocenters. The Balaban J connectivity index is 1.16. The van der Waals surface area contributed by atoms with Crippen molar-refractivity contribution in [3.05, 3.63) is 57.8 Å². The zero-order valence-corrected chi connectivity index (χ0v) is 22.0. The molecule has 2 aliphatic rings. The smallest absolute Gasteiger partial charge is 0.382 e. The number of anilines is 2. The first kappa shape index (κ1) is 28.5. The molecule has 1 aliphatic heterocycles. The van der Waals surface area contributed by atoms with Gasteiger partial charge in [-0.15, -0.1) is 0 Å². The van der Waals surface area contributed by atoms with Crippen molar-refractivity contribution in [1.82, 2.24) is 9.88 Å². The van der Waals surface area contributed by atoms with Crippen LogP contribution in [0.15, 0.2) is 36.5 Å². The van der Waals surface area contributed by atoms with Crippen LogP contribution in [-0.4, -0.2) is 65.2 Å². The summed E-state index contributed by atoms with van der Waals surface area (Å²) in [7, 11) is 0. The van der Waals surface area contributed by atoms with Gasteiger partial charge in [-0.05, 0) is 55.9 Å². The largest absolute Gasteiger partial charge is 0.423 e. The Morgan fingerprint density at radius 2 is 1.90 bits per heavy atom. The Bertz CT molecular complexity index is 1200. The third kappa shape index (κ3) is 7.54. The van der Waals surface area contributed by atoms with Crippen molar-refractivity contribution in [2.75, 3.05) is 49.6 Å². The maximum Gasteiger partial charge on any atom is 0.423 e. The Morgan fingerprint density at radius 3 is 2.49 bits per heavy atom. The fourth-order valence-corrected chi connectivity index (χ4v) is 5.22. The number of nitriles is 1. The number of alkyl halides is 3. The van der Waals surface area contributed by atoms with E-state index >= 15 is 0 Å². The van der Waals surface area contributed by atoms with Gasteiger partial charge in [0.1, 0.15) is 22.4 Å². The number of hydrogen-bond acceptors (Lipinski definition) is 8. The molecule has 1 N–H and O–H groups in total. The molecule has 1 saturated carbocycles. The number of benzene rings is 1. The average molecular weight is 563 g/mol. The lowest BCUT2D eigenvalue weighted by molar-refractivity contribution is -0.388. The molecule has 13 heteroatoms. The molecule has 0 radical (unpaired) electrons. The summed E-state index contributed by atoms with van der Waals surface area (Å²) in [6.45, 7) is 4.01. The lowest BCUT2D eigenvalue weighted by Gasteiger charge is -2.37. The van der Waals surface area contributed by atoms with Gasteiger partial charge >= 0.3 is 6.18 Å². The Morgan fingerprint density at radius 1 is 1.18 bits per heavy atom. The molecule has 2 aromatic rings. The molecule has 1 saturated heterocycles. The molecule has 208 valence electrons. The fraction of sp³-hybridized carbons (Fsp3) is 0.500. The van der Waals surface area contributed by atoms with Crippen LogP contribution in [0.2, 0.25) is 0 Å². The maximum absolute atomic E-state index is 13.3. The van der Waals surface area contributed by atoms with Gasteiger partial charge in [0.2, 0.25) is 0 Å². The summed E-state index contributed by atoms with van der Waals surface area (Å²) in [4.78, 5) is 19.3. The second-order valence-electron chi connectivity index (χ2n) is 9.75. The predicted molar refractivity (Wildman–Crippen MR) is 144 cm³/mol. The number of aromatic nitrogens is 1. The van der Waals surface area contributed by atoms with Crippen molar-refractivity contribution in [3.8, 4) is 6.07 Å². The zero-order valence-electron chi connectivity index (χ0n) is 21.2. The molecule has 39 heavy (non-hydrogen) atoms. The van der Waals surface area contributed by atoms with E-state index in [0.29, 0.717) is 24.7 Å². The molecular formula is C26H29F3N6O3S. The summed E-state index contributed by atoms with van der Waals surface area (Å²) in [5, 5.41) is 23.0. The fourth-order valence-electron chi connectivity index (χ4n) is 4.95. The molecule has 0 amide bonds. The lowest BCUT2D eigenvalue weighted by Crippen LogP contribution is -2.49. The molecular weight excluding hydrogens is 533 g/mol. The molecule has 0 atom stereocenters. The summed E-state index contributed by atoms with van der Waals surface area (Å²) >= 11 is 5.58. The minimum absolute atomic E-state index is 0.00763. The van der Waals surface area contributed by atoms with E-state index < -0.39 is 22.4 Å². The number of pyridine rings is 1. The minimum Gasteiger partial charge on any atom is -0.382 e. The third-order valence-corrected chi connectivity index (χ3v) is 7.50. The van der Waals surface area contributed by atoms with Gasteiger partial charge in [0.15, 0.2) is 0 Å². The first-order valence-corrected chi connectivity index (χ1v) is 13.1. The van der Waals surface area contributed by atoms with E-state index in [-0.39, 0.29) is 11.7 Å². The molecule has 0 bridgehead atoms. The number of halogens is 3. The Labute approximate surface area is 229 Å². The Kier molecular flexibility index (Phi) is 9.19. The van der Waals surface area contributed by atoms with Gasteiger partial charge in [0.25, 0.3) is 5.69 Å². The maximum atomic E-state index is 13.3. The molecule has 9 nitrogen and oxygen atoms in total. The molecule has 2 heterocycles. The highest BCUT2D eigenvalue weighted by molar-refractivity contribution is 7.80. The number of nitrogens with one attached hydrogen (secondary N) is 1. The van der Waals surface area contributed by atoms with Gasteiger partial charge < -0.3 is 19.9 Å². The van der Waals surface area contributed by atoms with E-state index in [1.165, 1.54) is 6.07 Å². The lowest BCUT2D eigenvalue weighted by atomic mass is 9.86. The average Bonchev–Trinajstić information content (AvgIpc) is 2.93. The topological polar surface area (TPSA) is 108 Å². The van der Waals surface area contributed by atoms with Gasteiger partial charge in [-0.3, -0.25) is 10.1 Å². The third-order valence-electron chi connectivity index (χ3n) is 7.13. The van der Waals surface area contributed by atoms with Gasteiger partial charge in [-0.2, -0.15) is 18.4 Å². The number of ether oxygens (including phenoxy) is 1. The minimum atomic E-state index is -4.80. The SMILES string of the molecule is N#Cc1ccc(N2CCN(C(=S)COCC3CCC(Nc4ccc([N+](=O)[O-])c(C(F)(F)F)c4)CC3)CC2)nc1. The van der Waals surface area contributed by atoms with Gasteiger partial charge in [0, 0.05) is 56.8 Å². The summed E-state index contributed by atoms with van der Waals surface area (Å²) in [6.07, 6.45) is 0.0262. The van der Waals surface area contributed by atoms with Gasteiger partial charge in [0.05, 0.1) is 17.1 Å². The zero-order chi connectivity index (χ0) is 28.0. The Hall–Kier alpha value is -3.50. The van der Waals surface area contributed by atoms with Crippen LogP contribution in [-0.2, 0) is 10.9 Å². The molecule has 4 rings (SSSR count). The van der Waals surface area contributed by atoms with Crippen molar-refractivity contribution >= 4 is 34.4 Å². The normalized spacial score (nSPS) is 19.8. The number of rotatable bonds is 8. The second-order valence-corrected chi connectivity index (χ2v) is 10.2. The second kappa shape index (κ2) is 12.6. The van der Waals surface area contributed by atoms with E-state index in [0.717, 1.165) is 74.8 Å². The van der Waals surface area contributed by atoms with Gasteiger partial charge in [-0.1, -0.05) is 12.2 Å². The number of piperazine rings is 1. The van der Waals surface area contributed by atoms with Crippen molar-refractivity contribution < 1.29 is 22.8 Å². The van der Waals surface area contributed by atoms with E-state index in [1.54, 1.807) is 12.3 Å². The standard InChI is InChI=1S/C26H29F3N6O3S/c27-26(28,29)22-13-21(6-7-23(22)35(36)37)32-20-4-1-18(2-5-20)16-38-17-25(39)34-11-9-33(10-12-34)24-8-3-19(14-30)15-31-24/h3,6-8,13,15,18,20,32H,1-2,4-5,9-12,16-17H2. The molecule has 0 spiro atoms. The van der Waals surface area contributed by atoms with E-state index in [2.05, 4.69) is 26.2 Å². The number of thiocarbonyl (C=S) groups is 1. The summed E-state index contributed by atoms with van der Waals surface area (Å²) in [6, 6.07) is 8.71. The van der Waals surface area contributed by atoms with Crippen LogP contribution in [0, 0.1) is 27.4 Å².